The fraction of sp³-hybridized carbons (Fsp3) is 0.467. The summed E-state index contributed by atoms with van der Waals surface area (Å²) >= 11 is 0. The highest BCUT2D eigenvalue weighted by atomic mass is 16.4. The molecule has 1 fully saturated rings. The minimum Gasteiger partial charge on any atom is -0.420 e. The van der Waals surface area contributed by atoms with Gasteiger partial charge in [0.1, 0.15) is 0 Å². The maximum Gasteiger partial charge on any atom is 0.247 e. The van der Waals surface area contributed by atoms with Crippen LogP contribution in [0.15, 0.2) is 34.7 Å². The van der Waals surface area contributed by atoms with Gasteiger partial charge in [-0.3, -0.25) is 0 Å². The van der Waals surface area contributed by atoms with Crippen molar-refractivity contribution in [3.05, 3.63) is 36.2 Å². The van der Waals surface area contributed by atoms with Crippen molar-refractivity contribution >= 4 is 0 Å². The summed E-state index contributed by atoms with van der Waals surface area (Å²) in [7, 11) is 0. The predicted octanol–water partition coefficient (Wildman–Crippen LogP) is 4.03. The SMILES string of the molecule is CCCC1CC(c2nnc(-c3ccccc3)o2)C1. The van der Waals surface area contributed by atoms with Gasteiger partial charge in [-0.25, -0.2) is 0 Å². The van der Waals surface area contributed by atoms with E-state index in [0.29, 0.717) is 11.8 Å². The average molecular weight is 242 g/mol. The van der Waals surface area contributed by atoms with Gasteiger partial charge in [0.05, 0.1) is 0 Å². The lowest BCUT2D eigenvalue weighted by Gasteiger charge is -2.32. The van der Waals surface area contributed by atoms with Crippen LogP contribution in [0.2, 0.25) is 0 Å². The maximum absolute atomic E-state index is 5.78. The summed E-state index contributed by atoms with van der Waals surface area (Å²) in [6.07, 6.45) is 5.03. The van der Waals surface area contributed by atoms with Gasteiger partial charge in [-0.05, 0) is 30.9 Å². The number of benzene rings is 1. The monoisotopic (exact) mass is 242 g/mol. The van der Waals surface area contributed by atoms with Gasteiger partial charge in [0, 0.05) is 11.5 Å². The third-order valence-corrected chi connectivity index (χ3v) is 3.74. The highest BCUT2D eigenvalue weighted by Crippen LogP contribution is 2.43. The summed E-state index contributed by atoms with van der Waals surface area (Å²) in [6.45, 7) is 2.24. The van der Waals surface area contributed by atoms with Gasteiger partial charge < -0.3 is 4.42 Å². The molecule has 94 valence electrons. The van der Waals surface area contributed by atoms with Crippen molar-refractivity contribution in [1.82, 2.24) is 10.2 Å². The molecule has 0 N–H and O–H groups in total. The molecule has 3 nitrogen and oxygen atoms in total. The van der Waals surface area contributed by atoms with E-state index >= 15 is 0 Å². The van der Waals surface area contributed by atoms with Crippen LogP contribution in [-0.2, 0) is 0 Å². The molecule has 3 heteroatoms. The van der Waals surface area contributed by atoms with Gasteiger partial charge in [0.15, 0.2) is 0 Å². The summed E-state index contributed by atoms with van der Waals surface area (Å²) in [5, 5.41) is 8.34. The van der Waals surface area contributed by atoms with Gasteiger partial charge in [-0.1, -0.05) is 38.0 Å². The maximum atomic E-state index is 5.78. The van der Waals surface area contributed by atoms with E-state index in [1.165, 1.54) is 25.7 Å². The molecule has 0 unspecified atom stereocenters. The zero-order valence-electron chi connectivity index (χ0n) is 10.7. The first-order valence-electron chi connectivity index (χ1n) is 6.75. The molecule has 18 heavy (non-hydrogen) atoms. The van der Waals surface area contributed by atoms with Crippen molar-refractivity contribution < 1.29 is 4.42 Å². The minimum atomic E-state index is 0.492. The number of aromatic nitrogens is 2. The zero-order chi connectivity index (χ0) is 12.4. The van der Waals surface area contributed by atoms with Crippen molar-refractivity contribution in [3.63, 3.8) is 0 Å². The van der Waals surface area contributed by atoms with Gasteiger partial charge in [0.25, 0.3) is 0 Å². The largest absolute Gasteiger partial charge is 0.420 e. The summed E-state index contributed by atoms with van der Waals surface area (Å²) in [4.78, 5) is 0. The van der Waals surface area contributed by atoms with Crippen LogP contribution < -0.4 is 0 Å². The molecular formula is C15H18N2O. The quantitative estimate of drug-likeness (QED) is 0.812. The predicted molar refractivity (Wildman–Crippen MR) is 70.1 cm³/mol. The Balaban J connectivity index is 1.68. The third kappa shape index (κ3) is 2.17. The van der Waals surface area contributed by atoms with Crippen molar-refractivity contribution in [1.29, 1.82) is 0 Å². The molecule has 0 bridgehead atoms. The van der Waals surface area contributed by atoms with E-state index in [4.69, 9.17) is 4.42 Å². The Morgan fingerprint density at radius 2 is 1.94 bits per heavy atom. The molecule has 3 rings (SSSR count). The van der Waals surface area contributed by atoms with Crippen LogP contribution in [0.3, 0.4) is 0 Å². The molecule has 0 amide bonds. The highest BCUT2D eigenvalue weighted by Gasteiger charge is 2.33. The molecule has 2 aromatic rings. The van der Waals surface area contributed by atoms with Crippen LogP contribution >= 0.6 is 0 Å². The highest BCUT2D eigenvalue weighted by molar-refractivity contribution is 5.51. The second kappa shape index (κ2) is 4.92. The van der Waals surface area contributed by atoms with E-state index in [0.717, 1.165) is 17.4 Å². The standard InChI is InChI=1S/C15H18N2O/c1-2-6-11-9-13(10-11)15-17-16-14(18-15)12-7-4-3-5-8-12/h3-5,7-8,11,13H,2,6,9-10H2,1H3. The summed E-state index contributed by atoms with van der Waals surface area (Å²) in [5.41, 5.74) is 1.00. The molecule has 1 aliphatic carbocycles. The molecule has 0 atom stereocenters. The molecule has 0 radical (unpaired) electrons. The Morgan fingerprint density at radius 3 is 2.67 bits per heavy atom. The van der Waals surface area contributed by atoms with Gasteiger partial charge >= 0.3 is 0 Å². The minimum absolute atomic E-state index is 0.492. The van der Waals surface area contributed by atoms with E-state index in [9.17, 15) is 0 Å². The summed E-state index contributed by atoms with van der Waals surface area (Å²) in [5.74, 6) is 2.82. The second-order valence-corrected chi connectivity index (χ2v) is 5.13. The first-order valence-corrected chi connectivity index (χ1v) is 6.75. The zero-order valence-corrected chi connectivity index (χ0v) is 10.7. The first kappa shape index (κ1) is 11.5. The molecule has 0 aliphatic heterocycles. The Morgan fingerprint density at radius 1 is 1.17 bits per heavy atom. The second-order valence-electron chi connectivity index (χ2n) is 5.13. The third-order valence-electron chi connectivity index (χ3n) is 3.74. The molecule has 0 saturated heterocycles. The van der Waals surface area contributed by atoms with E-state index in [1.807, 2.05) is 30.3 Å². The van der Waals surface area contributed by atoms with Gasteiger partial charge in [-0.2, -0.15) is 0 Å². The number of nitrogens with zero attached hydrogens (tertiary/aromatic N) is 2. The van der Waals surface area contributed by atoms with Crippen LogP contribution in [0.25, 0.3) is 11.5 Å². The van der Waals surface area contributed by atoms with Gasteiger partial charge in [-0.15, -0.1) is 10.2 Å². The van der Waals surface area contributed by atoms with Crippen LogP contribution in [0.1, 0.15) is 44.4 Å². The molecule has 1 aromatic carbocycles. The van der Waals surface area contributed by atoms with E-state index in [1.54, 1.807) is 0 Å². The van der Waals surface area contributed by atoms with Crippen LogP contribution in [0.5, 0.6) is 0 Å². The normalized spacial score (nSPS) is 22.7. The lowest BCUT2D eigenvalue weighted by molar-refractivity contribution is 0.215. The van der Waals surface area contributed by atoms with E-state index in [-0.39, 0.29) is 0 Å². The number of hydrogen-bond acceptors (Lipinski definition) is 3. The van der Waals surface area contributed by atoms with E-state index < -0.39 is 0 Å². The molecule has 0 spiro atoms. The fourth-order valence-corrected chi connectivity index (χ4v) is 2.68. The van der Waals surface area contributed by atoms with Crippen molar-refractivity contribution in [3.8, 4) is 11.5 Å². The average Bonchev–Trinajstić information content (AvgIpc) is 2.83. The topological polar surface area (TPSA) is 38.9 Å². The summed E-state index contributed by atoms with van der Waals surface area (Å²) < 4.78 is 5.78. The van der Waals surface area contributed by atoms with Gasteiger partial charge in [0.2, 0.25) is 11.8 Å². The number of hydrogen-bond donors (Lipinski definition) is 0. The smallest absolute Gasteiger partial charge is 0.247 e. The molecule has 1 heterocycles. The van der Waals surface area contributed by atoms with Crippen LogP contribution in [-0.4, -0.2) is 10.2 Å². The van der Waals surface area contributed by atoms with Crippen LogP contribution in [0.4, 0.5) is 0 Å². The van der Waals surface area contributed by atoms with E-state index in [2.05, 4.69) is 17.1 Å². The Kier molecular flexibility index (Phi) is 3.13. The van der Waals surface area contributed by atoms with Crippen molar-refractivity contribution in [2.75, 3.05) is 0 Å². The molecule has 1 saturated carbocycles. The molecule has 1 aromatic heterocycles. The lowest BCUT2D eigenvalue weighted by atomic mass is 9.73. The Labute approximate surface area is 107 Å². The van der Waals surface area contributed by atoms with Crippen molar-refractivity contribution in [2.45, 2.75) is 38.5 Å². The summed E-state index contributed by atoms with van der Waals surface area (Å²) in [6, 6.07) is 9.96. The number of rotatable bonds is 4. The lowest BCUT2D eigenvalue weighted by Crippen LogP contribution is -2.21. The molecule has 1 aliphatic rings. The Hall–Kier alpha value is -1.64. The van der Waals surface area contributed by atoms with Crippen molar-refractivity contribution in [2.24, 2.45) is 5.92 Å². The first-order chi connectivity index (χ1) is 8.86. The molecular weight excluding hydrogens is 224 g/mol. The fourth-order valence-electron chi connectivity index (χ4n) is 2.68. The van der Waals surface area contributed by atoms with Crippen LogP contribution in [0, 0.1) is 5.92 Å². The Bertz CT molecular complexity index is 500.